The third-order valence-corrected chi connectivity index (χ3v) is 2.85. The lowest BCUT2D eigenvalue weighted by Gasteiger charge is -2.26. The summed E-state index contributed by atoms with van der Waals surface area (Å²) in [4.78, 5) is 2.41. The second-order valence-electron chi connectivity index (χ2n) is 4.23. The Balaban J connectivity index is 1.62. The van der Waals surface area contributed by atoms with Crippen molar-refractivity contribution >= 4 is 0 Å². The lowest BCUT2D eigenvalue weighted by atomic mass is 10.2. The molecule has 0 atom stereocenters. The van der Waals surface area contributed by atoms with E-state index in [0.29, 0.717) is 0 Å². The fraction of sp³-hybridized carbons (Fsp3) is 0.500. The Morgan fingerprint density at radius 2 is 2.12 bits per heavy atom. The number of nitrogens with zero attached hydrogens (tertiary/aromatic N) is 1. The molecule has 0 saturated carbocycles. The van der Waals surface area contributed by atoms with E-state index in [1.807, 2.05) is 24.3 Å². The molecule has 1 aromatic rings. The smallest absolute Gasteiger partial charge is 0.119 e. The van der Waals surface area contributed by atoms with Gasteiger partial charge in [0.1, 0.15) is 5.75 Å². The molecule has 1 fully saturated rings. The van der Waals surface area contributed by atoms with Crippen LogP contribution in [-0.4, -0.2) is 44.4 Å². The molecular weight excluding hydrogens is 214 g/mol. The molecule has 0 unspecified atom stereocenters. The normalized spacial score (nSPS) is 17.0. The van der Waals surface area contributed by atoms with Crippen LogP contribution < -0.4 is 4.74 Å². The highest BCUT2D eigenvalue weighted by Crippen LogP contribution is 2.12. The van der Waals surface area contributed by atoms with Gasteiger partial charge in [0, 0.05) is 19.6 Å². The van der Waals surface area contributed by atoms with Gasteiger partial charge in [-0.2, -0.15) is 0 Å². The zero-order chi connectivity index (χ0) is 11.9. The van der Waals surface area contributed by atoms with Gasteiger partial charge < -0.3 is 9.47 Å². The molecule has 1 aromatic carbocycles. The van der Waals surface area contributed by atoms with E-state index in [1.165, 1.54) is 0 Å². The predicted molar refractivity (Wildman–Crippen MR) is 67.2 cm³/mol. The van der Waals surface area contributed by atoms with Crippen LogP contribution in [0, 0.1) is 6.92 Å². The predicted octanol–water partition coefficient (Wildman–Crippen LogP) is 1.85. The van der Waals surface area contributed by atoms with E-state index in [-0.39, 0.29) is 0 Å². The minimum Gasteiger partial charge on any atom is -0.494 e. The molecule has 17 heavy (non-hydrogen) atoms. The third kappa shape index (κ3) is 4.36. The van der Waals surface area contributed by atoms with Crippen molar-refractivity contribution in [2.24, 2.45) is 0 Å². The summed E-state index contributed by atoms with van der Waals surface area (Å²) in [6, 6.07) is 7.56. The molecule has 1 saturated heterocycles. The van der Waals surface area contributed by atoms with Crippen molar-refractivity contribution in [2.75, 3.05) is 39.5 Å². The lowest BCUT2D eigenvalue weighted by Crippen LogP contribution is -2.37. The maximum absolute atomic E-state index is 5.68. The summed E-state index contributed by atoms with van der Waals surface area (Å²) < 4.78 is 10.9. The van der Waals surface area contributed by atoms with Gasteiger partial charge in [0.2, 0.25) is 0 Å². The molecule has 0 N–H and O–H groups in total. The molecule has 1 heterocycles. The first-order valence-electron chi connectivity index (χ1n) is 6.13. The fourth-order valence-electron chi connectivity index (χ4n) is 1.91. The van der Waals surface area contributed by atoms with E-state index >= 15 is 0 Å². The molecule has 92 valence electrons. The van der Waals surface area contributed by atoms with Crippen molar-refractivity contribution in [1.29, 1.82) is 0 Å². The summed E-state index contributed by atoms with van der Waals surface area (Å²) >= 11 is 0. The highest BCUT2D eigenvalue weighted by atomic mass is 16.5. The second kappa shape index (κ2) is 6.62. The summed E-state index contributed by atoms with van der Waals surface area (Å²) in [6.07, 6.45) is 1.04. The van der Waals surface area contributed by atoms with Crippen molar-refractivity contribution in [2.45, 2.75) is 6.42 Å². The van der Waals surface area contributed by atoms with Gasteiger partial charge in [-0.1, -0.05) is 12.1 Å². The number of rotatable bonds is 5. The summed E-state index contributed by atoms with van der Waals surface area (Å²) in [5.41, 5.74) is 0.746. The molecular formula is C14H19NO2. The van der Waals surface area contributed by atoms with Crippen LogP contribution in [0.4, 0.5) is 0 Å². The van der Waals surface area contributed by atoms with E-state index in [2.05, 4.69) is 4.90 Å². The Hall–Kier alpha value is -1.06. The van der Waals surface area contributed by atoms with E-state index in [4.69, 9.17) is 16.4 Å². The summed E-state index contributed by atoms with van der Waals surface area (Å²) in [5, 5.41) is 0. The van der Waals surface area contributed by atoms with Crippen LogP contribution >= 0.6 is 0 Å². The molecule has 0 spiro atoms. The molecule has 0 bridgehead atoms. The first-order valence-corrected chi connectivity index (χ1v) is 6.13. The Kier molecular flexibility index (Phi) is 4.83. The maximum Gasteiger partial charge on any atom is 0.119 e. The fourth-order valence-corrected chi connectivity index (χ4v) is 1.91. The topological polar surface area (TPSA) is 21.7 Å². The van der Waals surface area contributed by atoms with Gasteiger partial charge in [-0.05, 0) is 31.0 Å². The van der Waals surface area contributed by atoms with Crippen LogP contribution in [-0.2, 0) is 4.74 Å². The van der Waals surface area contributed by atoms with Gasteiger partial charge >= 0.3 is 0 Å². The van der Waals surface area contributed by atoms with E-state index in [0.717, 1.165) is 57.2 Å². The molecule has 0 aliphatic carbocycles. The number of ether oxygens (including phenoxy) is 2. The van der Waals surface area contributed by atoms with Crippen molar-refractivity contribution in [3.05, 3.63) is 36.8 Å². The van der Waals surface area contributed by atoms with Crippen LogP contribution in [0.3, 0.4) is 0 Å². The average Bonchev–Trinajstić information content (AvgIpc) is 2.36. The van der Waals surface area contributed by atoms with Crippen LogP contribution in [0.2, 0.25) is 0 Å². The molecule has 1 aliphatic heterocycles. The van der Waals surface area contributed by atoms with Crippen molar-refractivity contribution < 1.29 is 9.47 Å². The zero-order valence-corrected chi connectivity index (χ0v) is 10.1. The van der Waals surface area contributed by atoms with Crippen molar-refractivity contribution in [1.82, 2.24) is 4.90 Å². The molecule has 2 rings (SSSR count). The molecule has 0 amide bonds. The number of hydrogen-bond donors (Lipinski definition) is 0. The Bertz CT molecular complexity index is 335. The number of benzene rings is 1. The van der Waals surface area contributed by atoms with Gasteiger partial charge in [-0.3, -0.25) is 4.90 Å². The first-order chi connectivity index (χ1) is 8.34. The lowest BCUT2D eigenvalue weighted by molar-refractivity contribution is 0.0358. The van der Waals surface area contributed by atoms with Crippen LogP contribution in [0.5, 0.6) is 5.75 Å². The highest BCUT2D eigenvalue weighted by molar-refractivity contribution is 5.29. The van der Waals surface area contributed by atoms with E-state index < -0.39 is 0 Å². The standard InChI is InChI=1S/C14H19NO2/c1-13-4-2-5-14(12-13)17-9-3-6-15-7-10-16-11-8-15/h1-2,4-5,12H,3,6-11H2. The Morgan fingerprint density at radius 1 is 1.29 bits per heavy atom. The molecule has 2 radical (unpaired) electrons. The third-order valence-electron chi connectivity index (χ3n) is 2.85. The molecule has 3 nitrogen and oxygen atoms in total. The number of hydrogen-bond acceptors (Lipinski definition) is 3. The largest absolute Gasteiger partial charge is 0.494 e. The van der Waals surface area contributed by atoms with Crippen LogP contribution in [0.1, 0.15) is 12.0 Å². The maximum atomic E-state index is 5.68. The quantitative estimate of drug-likeness (QED) is 0.724. The summed E-state index contributed by atoms with van der Waals surface area (Å²) in [5.74, 6) is 0.854. The Morgan fingerprint density at radius 3 is 2.88 bits per heavy atom. The molecule has 3 heteroatoms. The van der Waals surface area contributed by atoms with E-state index in [1.54, 1.807) is 0 Å². The summed E-state index contributed by atoms with van der Waals surface area (Å²) in [6.45, 7) is 11.3. The number of morpholine rings is 1. The van der Waals surface area contributed by atoms with Gasteiger partial charge in [0.15, 0.2) is 0 Å². The highest BCUT2D eigenvalue weighted by Gasteiger charge is 2.09. The van der Waals surface area contributed by atoms with E-state index in [9.17, 15) is 0 Å². The van der Waals surface area contributed by atoms with Gasteiger partial charge in [-0.15, -0.1) is 0 Å². The monoisotopic (exact) mass is 233 g/mol. The minimum atomic E-state index is 0.737. The van der Waals surface area contributed by atoms with Crippen molar-refractivity contribution in [3.8, 4) is 5.75 Å². The SMILES string of the molecule is [CH]c1cccc(OCCCN2CCOCC2)c1. The minimum absolute atomic E-state index is 0.737. The van der Waals surface area contributed by atoms with Crippen molar-refractivity contribution in [3.63, 3.8) is 0 Å². The molecule has 1 aliphatic rings. The van der Waals surface area contributed by atoms with Gasteiger partial charge in [0.05, 0.1) is 19.8 Å². The second-order valence-corrected chi connectivity index (χ2v) is 4.23. The van der Waals surface area contributed by atoms with Gasteiger partial charge in [0.25, 0.3) is 0 Å². The Labute approximate surface area is 103 Å². The van der Waals surface area contributed by atoms with Gasteiger partial charge in [-0.25, -0.2) is 0 Å². The van der Waals surface area contributed by atoms with Crippen LogP contribution in [0.25, 0.3) is 0 Å². The molecule has 0 aromatic heterocycles. The summed E-state index contributed by atoms with van der Waals surface area (Å²) in [7, 11) is 0. The van der Waals surface area contributed by atoms with Crippen LogP contribution in [0.15, 0.2) is 24.3 Å². The first kappa shape index (κ1) is 12.4. The zero-order valence-electron chi connectivity index (χ0n) is 10.1. The average molecular weight is 233 g/mol.